The Bertz CT molecular complexity index is 700. The Morgan fingerprint density at radius 1 is 0.895 bits per heavy atom. The molecule has 220 valence electrons. The Balaban J connectivity index is 1.22. The van der Waals surface area contributed by atoms with E-state index in [0.717, 1.165) is 32.5 Å². The van der Waals surface area contributed by atoms with Crippen LogP contribution < -0.4 is 16.2 Å². The van der Waals surface area contributed by atoms with Crippen molar-refractivity contribution in [3.05, 3.63) is 0 Å². The highest BCUT2D eigenvalue weighted by Gasteiger charge is 2.42. The van der Waals surface area contributed by atoms with Gasteiger partial charge in [-0.2, -0.15) is 5.48 Å². The van der Waals surface area contributed by atoms with Crippen LogP contribution in [-0.2, 0) is 9.63 Å². The van der Waals surface area contributed by atoms with Gasteiger partial charge in [0, 0.05) is 50.6 Å². The van der Waals surface area contributed by atoms with Crippen molar-refractivity contribution in [3.63, 3.8) is 0 Å². The summed E-state index contributed by atoms with van der Waals surface area (Å²) in [6.45, 7) is 11.6. The van der Waals surface area contributed by atoms with E-state index in [1.165, 1.54) is 83.7 Å². The highest BCUT2D eigenvalue weighted by Crippen LogP contribution is 2.33. The molecule has 5 unspecified atom stereocenters. The van der Waals surface area contributed by atoms with Crippen LogP contribution in [0.25, 0.3) is 0 Å². The minimum absolute atomic E-state index is 0.0854. The summed E-state index contributed by atoms with van der Waals surface area (Å²) in [5, 5.41) is 6.11. The Hall–Kier alpha value is -0.770. The van der Waals surface area contributed by atoms with E-state index in [1.54, 1.807) is 0 Å². The molecule has 3 N–H and O–H groups in total. The fourth-order valence-electron chi connectivity index (χ4n) is 7.19. The van der Waals surface area contributed by atoms with Gasteiger partial charge in [-0.05, 0) is 57.5 Å². The van der Waals surface area contributed by atoms with Gasteiger partial charge in [0.25, 0.3) is 0 Å². The van der Waals surface area contributed by atoms with Crippen LogP contribution in [0.15, 0.2) is 0 Å². The number of hydrazine groups is 1. The molecule has 4 rings (SSSR count). The van der Waals surface area contributed by atoms with Crippen molar-refractivity contribution >= 4 is 5.91 Å². The lowest BCUT2D eigenvalue weighted by Gasteiger charge is -2.43. The normalized spacial score (nSPS) is 32.0. The quantitative estimate of drug-likeness (QED) is 0.308. The van der Waals surface area contributed by atoms with E-state index in [0.29, 0.717) is 29.8 Å². The molecule has 4 saturated heterocycles. The first-order valence-corrected chi connectivity index (χ1v) is 16.1. The first-order chi connectivity index (χ1) is 18.5. The number of nitrogens with one attached hydrogen (secondary N) is 3. The molecule has 0 radical (unpaired) electrons. The molecule has 4 heterocycles. The Labute approximate surface area is 232 Å². The van der Waals surface area contributed by atoms with E-state index >= 15 is 0 Å². The summed E-state index contributed by atoms with van der Waals surface area (Å²) in [7, 11) is 2.18. The highest BCUT2D eigenvalue weighted by molar-refractivity contribution is 5.78. The maximum absolute atomic E-state index is 12.4. The van der Waals surface area contributed by atoms with Gasteiger partial charge in [0.15, 0.2) is 0 Å². The van der Waals surface area contributed by atoms with Crippen molar-refractivity contribution in [1.29, 1.82) is 0 Å². The van der Waals surface area contributed by atoms with E-state index < -0.39 is 0 Å². The van der Waals surface area contributed by atoms with E-state index in [1.807, 2.05) is 18.7 Å². The molecule has 0 aromatic heterocycles. The largest absolute Gasteiger partial charge is 0.342 e. The topological polar surface area (TPSA) is 72.1 Å². The lowest BCUT2D eigenvalue weighted by Crippen LogP contribution is -2.56. The number of likely N-dealkylation sites (tertiary alicyclic amines) is 2. The van der Waals surface area contributed by atoms with Crippen LogP contribution >= 0.6 is 0 Å². The molecule has 8 nitrogen and oxygen atoms in total. The standard InChI is InChI=1S/C30H58N6O2/c1-5-6-7-8-9-10-11-12-17-35-19-15-25(22-27(35)26-16-18-34(4)32-26)29-31-28(33-38-29)24-13-20-36(21-14-24)30(37)23(2)3/h23-29,31-33H,5-22H2,1-4H3. The predicted molar refractivity (Wildman–Crippen MR) is 154 cm³/mol. The Kier molecular flexibility index (Phi) is 12.1. The number of carbonyl (C=O) groups excluding carboxylic acids is 1. The number of hydroxylamine groups is 1. The van der Waals surface area contributed by atoms with Gasteiger partial charge in [0.2, 0.25) is 5.91 Å². The molecule has 0 saturated carbocycles. The van der Waals surface area contributed by atoms with Crippen LogP contribution in [0.5, 0.6) is 0 Å². The Morgan fingerprint density at radius 3 is 2.24 bits per heavy atom. The van der Waals surface area contributed by atoms with E-state index in [-0.39, 0.29) is 18.3 Å². The van der Waals surface area contributed by atoms with Crippen molar-refractivity contribution in [1.82, 2.24) is 31.0 Å². The van der Waals surface area contributed by atoms with E-state index in [4.69, 9.17) is 4.84 Å². The van der Waals surface area contributed by atoms with Gasteiger partial charge >= 0.3 is 0 Å². The molecule has 0 bridgehead atoms. The summed E-state index contributed by atoms with van der Waals surface area (Å²) in [6, 6.07) is 1.13. The van der Waals surface area contributed by atoms with Gasteiger partial charge in [0.1, 0.15) is 6.23 Å². The monoisotopic (exact) mass is 534 g/mol. The summed E-state index contributed by atoms with van der Waals surface area (Å²) in [4.78, 5) is 23.4. The predicted octanol–water partition coefficient (Wildman–Crippen LogP) is 4.09. The third-order valence-corrected chi connectivity index (χ3v) is 9.64. The van der Waals surface area contributed by atoms with Gasteiger partial charge in [-0.1, -0.05) is 65.7 Å². The number of hydrogen-bond acceptors (Lipinski definition) is 7. The second-order valence-corrected chi connectivity index (χ2v) is 12.9. The lowest BCUT2D eigenvalue weighted by molar-refractivity contribution is -0.136. The zero-order chi connectivity index (χ0) is 26.9. The van der Waals surface area contributed by atoms with Gasteiger partial charge in [-0.15, -0.1) is 0 Å². The first-order valence-electron chi connectivity index (χ1n) is 16.1. The van der Waals surface area contributed by atoms with Crippen molar-refractivity contribution in [2.24, 2.45) is 17.8 Å². The number of unbranched alkanes of at least 4 members (excludes halogenated alkanes) is 7. The molecule has 1 amide bonds. The number of nitrogens with zero attached hydrogens (tertiary/aromatic N) is 3. The minimum atomic E-state index is 0.0854. The molecule has 0 aliphatic carbocycles. The molecule has 0 spiro atoms. The van der Waals surface area contributed by atoms with Crippen molar-refractivity contribution < 1.29 is 9.63 Å². The second kappa shape index (κ2) is 15.3. The average Bonchev–Trinajstić information content (AvgIpc) is 3.59. The summed E-state index contributed by atoms with van der Waals surface area (Å²) in [5.41, 5.74) is 7.12. The van der Waals surface area contributed by atoms with Gasteiger partial charge < -0.3 is 4.90 Å². The second-order valence-electron chi connectivity index (χ2n) is 12.9. The fourth-order valence-corrected chi connectivity index (χ4v) is 7.19. The molecule has 8 heteroatoms. The number of amides is 1. The molecule has 4 fully saturated rings. The smallest absolute Gasteiger partial charge is 0.225 e. The van der Waals surface area contributed by atoms with Crippen LogP contribution in [0.4, 0.5) is 0 Å². The van der Waals surface area contributed by atoms with Crippen molar-refractivity contribution in [3.8, 4) is 0 Å². The number of hydrogen-bond donors (Lipinski definition) is 3. The zero-order valence-corrected chi connectivity index (χ0v) is 24.9. The maximum Gasteiger partial charge on any atom is 0.225 e. The summed E-state index contributed by atoms with van der Waals surface area (Å²) in [6.07, 6.45) is 17.0. The molecular weight excluding hydrogens is 476 g/mol. The van der Waals surface area contributed by atoms with Crippen LogP contribution in [0.3, 0.4) is 0 Å². The summed E-state index contributed by atoms with van der Waals surface area (Å²) < 4.78 is 0. The first kappa shape index (κ1) is 30.2. The van der Waals surface area contributed by atoms with E-state index in [9.17, 15) is 4.79 Å². The number of piperidine rings is 2. The molecule has 4 aliphatic heterocycles. The molecule has 38 heavy (non-hydrogen) atoms. The fraction of sp³-hybridized carbons (Fsp3) is 0.967. The van der Waals surface area contributed by atoms with Gasteiger partial charge in [-0.25, -0.2) is 5.01 Å². The lowest BCUT2D eigenvalue weighted by atomic mass is 9.85. The van der Waals surface area contributed by atoms with Crippen LogP contribution in [0, 0.1) is 17.8 Å². The van der Waals surface area contributed by atoms with Crippen LogP contribution in [0.1, 0.15) is 104 Å². The maximum atomic E-state index is 12.4. The van der Waals surface area contributed by atoms with Crippen molar-refractivity contribution in [2.75, 3.05) is 39.8 Å². The molecular formula is C30H58N6O2. The van der Waals surface area contributed by atoms with E-state index in [2.05, 4.69) is 40.1 Å². The number of carbonyl (C=O) groups is 1. The van der Waals surface area contributed by atoms with Crippen molar-refractivity contribution in [2.45, 2.75) is 129 Å². The molecule has 4 aliphatic rings. The molecule has 0 aromatic carbocycles. The third kappa shape index (κ3) is 8.37. The minimum Gasteiger partial charge on any atom is -0.342 e. The summed E-state index contributed by atoms with van der Waals surface area (Å²) in [5.74, 6) is 1.42. The third-order valence-electron chi connectivity index (χ3n) is 9.64. The molecule has 0 aromatic rings. The molecule has 5 atom stereocenters. The van der Waals surface area contributed by atoms with Gasteiger partial charge in [0.05, 0.1) is 6.17 Å². The SMILES string of the molecule is CCCCCCCCCCN1CCC(C2NC(C3CCN(C(=O)C(C)C)CC3)NO2)CC1C1CCN(C)N1. The van der Waals surface area contributed by atoms with Crippen LogP contribution in [0.2, 0.25) is 0 Å². The number of rotatable bonds is 13. The Morgan fingerprint density at radius 2 is 1.58 bits per heavy atom. The average molecular weight is 535 g/mol. The summed E-state index contributed by atoms with van der Waals surface area (Å²) >= 11 is 0. The van der Waals surface area contributed by atoms with Crippen LogP contribution in [-0.4, -0.2) is 85.0 Å². The highest BCUT2D eigenvalue weighted by atomic mass is 16.7. The van der Waals surface area contributed by atoms with Gasteiger partial charge in [-0.3, -0.25) is 25.3 Å². The zero-order valence-electron chi connectivity index (χ0n) is 24.9.